The fourth-order valence-electron chi connectivity index (χ4n) is 8.33. The normalized spacial score (nSPS) is 20.1. The molecule has 7 atom stereocenters. The second-order valence-electron chi connectivity index (χ2n) is 19.3. The van der Waals surface area contributed by atoms with Crippen molar-refractivity contribution in [3.63, 3.8) is 0 Å². The van der Waals surface area contributed by atoms with E-state index in [1.165, 1.54) is 116 Å². The van der Waals surface area contributed by atoms with Crippen LogP contribution < -0.4 is 5.32 Å². The van der Waals surface area contributed by atoms with Gasteiger partial charge in [-0.25, -0.2) is 0 Å². The van der Waals surface area contributed by atoms with E-state index >= 15 is 0 Å². The zero-order valence-electron chi connectivity index (χ0n) is 44.9. The van der Waals surface area contributed by atoms with Gasteiger partial charge in [-0.05, 0) is 89.9 Å². The molecule has 1 aliphatic rings. The van der Waals surface area contributed by atoms with E-state index in [1.807, 2.05) is 6.08 Å². The van der Waals surface area contributed by atoms with Crippen LogP contribution >= 0.6 is 0 Å². The van der Waals surface area contributed by atoms with Crippen molar-refractivity contribution >= 4 is 5.91 Å². The maximum atomic E-state index is 13.0. The second-order valence-corrected chi connectivity index (χ2v) is 19.3. The van der Waals surface area contributed by atoms with Gasteiger partial charge in [-0.15, -0.1) is 0 Å². The molecule has 1 amide bonds. The summed E-state index contributed by atoms with van der Waals surface area (Å²) < 4.78 is 11.2. The predicted octanol–water partition coefficient (Wildman–Crippen LogP) is 14.2. The first kappa shape index (κ1) is 65.9. The molecule has 71 heavy (non-hydrogen) atoms. The maximum Gasteiger partial charge on any atom is 0.220 e. The average Bonchev–Trinajstić information content (AvgIpc) is 3.37. The minimum atomic E-state index is -1.58. The van der Waals surface area contributed by atoms with Crippen LogP contribution in [0.15, 0.2) is 109 Å². The lowest BCUT2D eigenvalue weighted by molar-refractivity contribution is -0.302. The van der Waals surface area contributed by atoms with Crippen LogP contribution in [0.4, 0.5) is 0 Å². The highest BCUT2D eigenvalue weighted by molar-refractivity contribution is 5.76. The van der Waals surface area contributed by atoms with Gasteiger partial charge in [-0.1, -0.05) is 232 Å². The van der Waals surface area contributed by atoms with Crippen LogP contribution in [0.25, 0.3) is 0 Å². The molecule has 1 rings (SSSR count). The zero-order valence-corrected chi connectivity index (χ0v) is 44.9. The lowest BCUT2D eigenvalue weighted by atomic mass is 9.99. The molecule has 7 unspecified atom stereocenters. The van der Waals surface area contributed by atoms with Crippen LogP contribution in [-0.4, -0.2) is 87.5 Å². The number of hydrogen-bond acceptors (Lipinski definition) is 8. The summed E-state index contributed by atoms with van der Waals surface area (Å²) in [7, 11) is 0. The molecule has 0 spiro atoms. The topological polar surface area (TPSA) is 149 Å². The summed E-state index contributed by atoms with van der Waals surface area (Å²) >= 11 is 0. The minimum absolute atomic E-state index is 0.193. The second kappa shape index (κ2) is 50.4. The summed E-state index contributed by atoms with van der Waals surface area (Å²) in [5.74, 6) is -0.193. The smallest absolute Gasteiger partial charge is 0.220 e. The van der Waals surface area contributed by atoms with E-state index in [1.54, 1.807) is 6.08 Å². The van der Waals surface area contributed by atoms with Crippen LogP contribution in [0.2, 0.25) is 0 Å². The summed E-state index contributed by atoms with van der Waals surface area (Å²) in [4.78, 5) is 13.0. The van der Waals surface area contributed by atoms with Crippen molar-refractivity contribution in [1.82, 2.24) is 5.32 Å². The Morgan fingerprint density at radius 3 is 1.35 bits per heavy atom. The Hall–Kier alpha value is -3.15. The van der Waals surface area contributed by atoms with E-state index in [9.17, 15) is 30.3 Å². The molecule has 0 aromatic rings. The number of ether oxygens (including phenoxy) is 2. The van der Waals surface area contributed by atoms with Crippen molar-refractivity contribution in [3.05, 3.63) is 109 Å². The van der Waals surface area contributed by atoms with E-state index in [-0.39, 0.29) is 12.5 Å². The number of allylic oxidation sites excluding steroid dienone is 17. The zero-order chi connectivity index (χ0) is 51.5. The maximum absolute atomic E-state index is 13.0. The monoisotopic (exact) mass is 992 g/mol. The highest BCUT2D eigenvalue weighted by Gasteiger charge is 2.44. The van der Waals surface area contributed by atoms with E-state index in [2.05, 4.69) is 116 Å². The summed E-state index contributed by atoms with van der Waals surface area (Å²) in [6, 6.07) is -0.828. The lowest BCUT2D eigenvalue weighted by Crippen LogP contribution is -2.60. The Morgan fingerprint density at radius 1 is 0.493 bits per heavy atom. The highest BCUT2D eigenvalue weighted by atomic mass is 16.7. The summed E-state index contributed by atoms with van der Waals surface area (Å²) in [5.41, 5.74) is 0. The number of hydrogen-bond donors (Lipinski definition) is 6. The van der Waals surface area contributed by atoms with Crippen LogP contribution in [-0.2, 0) is 14.3 Å². The van der Waals surface area contributed by atoms with Crippen molar-refractivity contribution in [2.45, 2.75) is 262 Å². The molecule has 0 aromatic heterocycles. The van der Waals surface area contributed by atoms with E-state index in [4.69, 9.17) is 9.47 Å². The molecule has 0 aliphatic carbocycles. The Balaban J connectivity index is 2.16. The number of carbonyl (C=O) groups excluding carboxylic acids is 1. The fourth-order valence-corrected chi connectivity index (χ4v) is 8.33. The van der Waals surface area contributed by atoms with Gasteiger partial charge in [-0.3, -0.25) is 4.79 Å². The first-order chi connectivity index (χ1) is 34.8. The van der Waals surface area contributed by atoms with Crippen LogP contribution in [0.5, 0.6) is 0 Å². The van der Waals surface area contributed by atoms with Crippen molar-refractivity contribution in [3.8, 4) is 0 Å². The van der Waals surface area contributed by atoms with Gasteiger partial charge in [0.15, 0.2) is 6.29 Å². The molecule has 6 N–H and O–H groups in total. The molecular weight excluding hydrogens is 887 g/mol. The van der Waals surface area contributed by atoms with Crippen molar-refractivity contribution in [2.24, 2.45) is 0 Å². The van der Waals surface area contributed by atoms with Gasteiger partial charge in [0.05, 0.1) is 25.4 Å². The first-order valence-corrected chi connectivity index (χ1v) is 28.6. The third-order valence-electron chi connectivity index (χ3n) is 12.8. The Bertz CT molecular complexity index is 1480. The number of aliphatic hydroxyl groups is 5. The molecule has 406 valence electrons. The van der Waals surface area contributed by atoms with Gasteiger partial charge in [0.2, 0.25) is 5.91 Å². The van der Waals surface area contributed by atoms with E-state index in [0.717, 1.165) is 83.5 Å². The fraction of sp³-hybridized carbons (Fsp3) is 0.694. The van der Waals surface area contributed by atoms with Gasteiger partial charge < -0.3 is 40.3 Å². The van der Waals surface area contributed by atoms with Gasteiger partial charge >= 0.3 is 0 Å². The number of aliphatic hydroxyl groups excluding tert-OH is 5. The molecule has 1 fully saturated rings. The van der Waals surface area contributed by atoms with Gasteiger partial charge in [0.25, 0.3) is 0 Å². The number of carbonyl (C=O) groups is 1. The largest absolute Gasteiger partial charge is 0.394 e. The molecule has 0 saturated carbocycles. The van der Waals surface area contributed by atoms with Gasteiger partial charge in [-0.2, -0.15) is 0 Å². The van der Waals surface area contributed by atoms with Crippen molar-refractivity contribution in [1.29, 1.82) is 0 Å². The van der Waals surface area contributed by atoms with Crippen LogP contribution in [0, 0.1) is 0 Å². The quantitative estimate of drug-likeness (QED) is 0.0261. The molecule has 9 heteroatoms. The standard InChI is InChI=1S/C62H105NO8/c1-3-5-7-9-11-13-15-17-18-19-20-21-22-23-24-25-26-27-28-29-30-31-32-33-34-35-36-37-38-40-42-44-46-48-50-52-58(66)63-55(54-70-62-61(69)60(68)59(67)57(53-64)71-62)56(65)51-49-47-45-43-41-39-16-14-12-10-8-6-4-2/h5,7,11,13,17-18,20-21,23-24,26-27,29-30,41,43,49,51,55-57,59-62,64-65,67-69H,3-4,6,8-10,12,14-16,19,22,25,28,31-40,42,44-48,50,52-54H2,1-2H3,(H,63,66)/b7-5-,13-11-,18-17-,21-20-,24-23-,27-26-,30-29-,43-41+,51-49+. The SMILES string of the molecule is CC/C=C\C/C=C\C/C=C\C/C=C\C/C=C\C/C=C\C/C=C\CCCCCCCCCCCCCCCC(=O)NC(COC1OC(CO)C(O)C(O)C1O)C(O)/C=C/CC/C=C/CCCCCCCCC. The van der Waals surface area contributed by atoms with Crippen molar-refractivity contribution in [2.75, 3.05) is 13.2 Å². The third-order valence-corrected chi connectivity index (χ3v) is 12.8. The van der Waals surface area contributed by atoms with E-state index < -0.39 is 49.5 Å². The molecule has 0 radical (unpaired) electrons. The lowest BCUT2D eigenvalue weighted by Gasteiger charge is -2.40. The molecule has 1 saturated heterocycles. The molecular formula is C62H105NO8. The third kappa shape index (κ3) is 40.0. The Kier molecular flexibility index (Phi) is 46.7. The average molecular weight is 993 g/mol. The Labute approximate surface area is 434 Å². The molecule has 0 aromatic carbocycles. The predicted molar refractivity (Wildman–Crippen MR) is 299 cm³/mol. The number of unbranched alkanes of at least 4 members (excludes halogenated alkanes) is 21. The molecule has 0 bridgehead atoms. The first-order valence-electron chi connectivity index (χ1n) is 28.6. The summed E-state index contributed by atoms with van der Waals surface area (Å²) in [6.07, 6.45) is 67.3. The van der Waals surface area contributed by atoms with Gasteiger partial charge in [0.1, 0.15) is 24.4 Å². The Morgan fingerprint density at radius 2 is 0.887 bits per heavy atom. The van der Waals surface area contributed by atoms with Gasteiger partial charge in [0, 0.05) is 6.42 Å². The highest BCUT2D eigenvalue weighted by Crippen LogP contribution is 2.23. The summed E-state index contributed by atoms with van der Waals surface area (Å²) in [5, 5.41) is 54.3. The summed E-state index contributed by atoms with van der Waals surface area (Å²) in [6.45, 7) is 3.62. The van der Waals surface area contributed by atoms with Crippen LogP contribution in [0.3, 0.4) is 0 Å². The molecule has 1 heterocycles. The number of amides is 1. The minimum Gasteiger partial charge on any atom is -0.394 e. The number of rotatable bonds is 47. The van der Waals surface area contributed by atoms with E-state index in [0.29, 0.717) is 6.42 Å². The van der Waals surface area contributed by atoms with Crippen molar-refractivity contribution < 1.29 is 39.8 Å². The van der Waals surface area contributed by atoms with Crippen LogP contribution in [0.1, 0.15) is 219 Å². The molecule has 1 aliphatic heterocycles. The molecule has 9 nitrogen and oxygen atoms in total. The number of nitrogens with one attached hydrogen (secondary N) is 1.